The van der Waals surface area contributed by atoms with Gasteiger partial charge in [0.1, 0.15) is 0 Å². The van der Waals surface area contributed by atoms with Crippen molar-refractivity contribution in [3.8, 4) is 0 Å². The lowest BCUT2D eigenvalue weighted by Gasteiger charge is -2.31. The standard InChI is InChI=1S/C18H20F3N3/c19-18(20,21)16-4-2-14(3-5-16)17(15-6-9-23-10-7-15)24-12-1-8-22-11-13-24/h2-7,9-10,17,22H,1,8,11-13H2. The predicted molar refractivity (Wildman–Crippen MR) is 86.6 cm³/mol. The van der Waals surface area contributed by atoms with E-state index in [1.54, 1.807) is 24.5 Å². The van der Waals surface area contributed by atoms with Gasteiger partial charge >= 0.3 is 6.18 Å². The summed E-state index contributed by atoms with van der Waals surface area (Å²) in [6.07, 6.45) is 0.157. The summed E-state index contributed by atoms with van der Waals surface area (Å²) in [6.45, 7) is 3.60. The summed E-state index contributed by atoms with van der Waals surface area (Å²) in [5.41, 5.74) is 1.31. The van der Waals surface area contributed by atoms with E-state index in [0.29, 0.717) is 0 Å². The van der Waals surface area contributed by atoms with E-state index >= 15 is 0 Å². The second kappa shape index (κ2) is 7.32. The van der Waals surface area contributed by atoms with Crippen LogP contribution in [0.15, 0.2) is 48.8 Å². The Hall–Kier alpha value is -1.92. The first-order valence-corrected chi connectivity index (χ1v) is 8.07. The van der Waals surface area contributed by atoms with Gasteiger partial charge in [-0.25, -0.2) is 0 Å². The number of nitrogens with zero attached hydrogens (tertiary/aromatic N) is 2. The third-order valence-corrected chi connectivity index (χ3v) is 4.32. The Balaban J connectivity index is 1.95. The van der Waals surface area contributed by atoms with Crippen molar-refractivity contribution in [2.45, 2.75) is 18.6 Å². The summed E-state index contributed by atoms with van der Waals surface area (Å²) in [5, 5.41) is 3.36. The van der Waals surface area contributed by atoms with E-state index in [9.17, 15) is 13.2 Å². The first-order chi connectivity index (χ1) is 11.6. The highest BCUT2D eigenvalue weighted by molar-refractivity contribution is 5.33. The summed E-state index contributed by atoms with van der Waals surface area (Å²) in [6, 6.07) is 9.31. The van der Waals surface area contributed by atoms with E-state index in [4.69, 9.17) is 0 Å². The number of nitrogens with one attached hydrogen (secondary N) is 1. The van der Waals surface area contributed by atoms with E-state index in [1.165, 1.54) is 12.1 Å². The zero-order valence-corrected chi connectivity index (χ0v) is 13.3. The van der Waals surface area contributed by atoms with Crippen LogP contribution in [0.3, 0.4) is 0 Å². The monoisotopic (exact) mass is 335 g/mol. The number of alkyl halides is 3. The van der Waals surface area contributed by atoms with E-state index in [0.717, 1.165) is 43.7 Å². The second-order valence-corrected chi connectivity index (χ2v) is 5.94. The van der Waals surface area contributed by atoms with Gasteiger partial charge in [0.15, 0.2) is 0 Å². The lowest BCUT2D eigenvalue weighted by atomic mass is 9.96. The van der Waals surface area contributed by atoms with Gasteiger partial charge in [0.25, 0.3) is 0 Å². The van der Waals surface area contributed by atoms with Crippen LogP contribution in [0.1, 0.15) is 29.2 Å². The summed E-state index contributed by atoms with van der Waals surface area (Å²) in [5.74, 6) is 0. The van der Waals surface area contributed by atoms with Crippen LogP contribution < -0.4 is 5.32 Å². The number of hydrogen-bond acceptors (Lipinski definition) is 3. The molecule has 3 nitrogen and oxygen atoms in total. The van der Waals surface area contributed by atoms with Crippen LogP contribution in [0.4, 0.5) is 13.2 Å². The van der Waals surface area contributed by atoms with Gasteiger partial charge in [0.2, 0.25) is 0 Å². The molecule has 0 radical (unpaired) electrons. The van der Waals surface area contributed by atoms with Crippen molar-refractivity contribution in [2.75, 3.05) is 26.2 Å². The first-order valence-electron chi connectivity index (χ1n) is 8.07. The van der Waals surface area contributed by atoms with Crippen molar-refractivity contribution in [3.63, 3.8) is 0 Å². The highest BCUT2D eigenvalue weighted by Gasteiger charge is 2.31. The van der Waals surface area contributed by atoms with Crippen molar-refractivity contribution in [1.29, 1.82) is 0 Å². The molecule has 1 aromatic heterocycles. The van der Waals surface area contributed by atoms with Gasteiger partial charge in [0.05, 0.1) is 11.6 Å². The molecule has 1 fully saturated rings. The highest BCUT2D eigenvalue weighted by Crippen LogP contribution is 2.33. The minimum absolute atomic E-state index is 0.0600. The molecule has 1 N–H and O–H groups in total. The molecule has 128 valence electrons. The van der Waals surface area contributed by atoms with Crippen LogP contribution in [0, 0.1) is 0 Å². The number of aromatic nitrogens is 1. The molecule has 1 aromatic carbocycles. The average Bonchev–Trinajstić information content (AvgIpc) is 2.85. The van der Waals surface area contributed by atoms with E-state index < -0.39 is 11.7 Å². The van der Waals surface area contributed by atoms with Crippen molar-refractivity contribution in [3.05, 3.63) is 65.5 Å². The lowest BCUT2D eigenvalue weighted by Crippen LogP contribution is -2.33. The summed E-state index contributed by atoms with van der Waals surface area (Å²) in [7, 11) is 0. The van der Waals surface area contributed by atoms with Crippen molar-refractivity contribution in [2.24, 2.45) is 0 Å². The molecule has 1 aliphatic heterocycles. The van der Waals surface area contributed by atoms with Gasteiger partial charge in [-0.15, -0.1) is 0 Å². The van der Waals surface area contributed by atoms with Gasteiger partial charge in [-0.3, -0.25) is 9.88 Å². The summed E-state index contributed by atoms with van der Waals surface area (Å²) >= 11 is 0. The predicted octanol–water partition coefficient (Wildman–Crippen LogP) is 3.49. The number of benzene rings is 1. The third-order valence-electron chi connectivity index (χ3n) is 4.32. The molecular weight excluding hydrogens is 315 g/mol. The molecule has 1 atom stereocenters. The molecule has 6 heteroatoms. The fraction of sp³-hybridized carbons (Fsp3) is 0.389. The maximum absolute atomic E-state index is 12.8. The Kier molecular flexibility index (Phi) is 5.16. The van der Waals surface area contributed by atoms with Crippen LogP contribution >= 0.6 is 0 Å². The zero-order chi connectivity index (χ0) is 17.0. The third kappa shape index (κ3) is 3.94. The minimum atomic E-state index is -4.31. The molecule has 1 aliphatic rings. The smallest absolute Gasteiger partial charge is 0.315 e. The van der Waals surface area contributed by atoms with Crippen molar-refractivity contribution < 1.29 is 13.2 Å². The van der Waals surface area contributed by atoms with Crippen LogP contribution in [0.2, 0.25) is 0 Å². The van der Waals surface area contributed by atoms with Gasteiger partial charge in [-0.05, 0) is 48.4 Å². The van der Waals surface area contributed by atoms with E-state index in [2.05, 4.69) is 15.2 Å². The zero-order valence-electron chi connectivity index (χ0n) is 13.3. The SMILES string of the molecule is FC(F)(F)c1ccc(C(c2ccncc2)N2CCCNCC2)cc1. The Bertz CT molecular complexity index is 633. The molecule has 0 aliphatic carbocycles. The largest absolute Gasteiger partial charge is 0.416 e. The quantitative estimate of drug-likeness (QED) is 0.931. The maximum Gasteiger partial charge on any atom is 0.416 e. The van der Waals surface area contributed by atoms with E-state index in [1.807, 2.05) is 12.1 Å². The Morgan fingerprint density at radius 2 is 1.58 bits per heavy atom. The maximum atomic E-state index is 12.8. The molecule has 1 unspecified atom stereocenters. The second-order valence-electron chi connectivity index (χ2n) is 5.94. The Morgan fingerprint density at radius 3 is 2.25 bits per heavy atom. The van der Waals surface area contributed by atoms with Gasteiger partial charge in [0, 0.05) is 32.0 Å². The topological polar surface area (TPSA) is 28.2 Å². The first kappa shape index (κ1) is 16.9. The highest BCUT2D eigenvalue weighted by atomic mass is 19.4. The van der Waals surface area contributed by atoms with Crippen LogP contribution in [-0.2, 0) is 6.18 Å². The van der Waals surface area contributed by atoms with Gasteiger partial charge in [-0.2, -0.15) is 13.2 Å². The average molecular weight is 335 g/mol. The molecule has 2 heterocycles. The van der Waals surface area contributed by atoms with Crippen LogP contribution in [-0.4, -0.2) is 36.1 Å². The van der Waals surface area contributed by atoms with Gasteiger partial charge in [-0.1, -0.05) is 12.1 Å². The van der Waals surface area contributed by atoms with Crippen LogP contribution in [0.5, 0.6) is 0 Å². The van der Waals surface area contributed by atoms with E-state index in [-0.39, 0.29) is 6.04 Å². The molecular formula is C18H20F3N3. The van der Waals surface area contributed by atoms with Crippen LogP contribution in [0.25, 0.3) is 0 Å². The summed E-state index contributed by atoms with van der Waals surface area (Å²) < 4.78 is 38.5. The molecule has 0 bridgehead atoms. The number of rotatable bonds is 3. The lowest BCUT2D eigenvalue weighted by molar-refractivity contribution is -0.137. The van der Waals surface area contributed by atoms with Gasteiger partial charge < -0.3 is 5.32 Å². The number of hydrogen-bond donors (Lipinski definition) is 1. The molecule has 2 aromatic rings. The fourth-order valence-corrected chi connectivity index (χ4v) is 3.14. The minimum Gasteiger partial charge on any atom is -0.315 e. The normalized spacial score (nSPS) is 18.1. The number of pyridine rings is 1. The molecule has 1 saturated heterocycles. The fourth-order valence-electron chi connectivity index (χ4n) is 3.14. The molecule has 0 amide bonds. The number of halogens is 3. The molecule has 0 spiro atoms. The van der Waals surface area contributed by atoms with Crippen molar-refractivity contribution >= 4 is 0 Å². The molecule has 3 rings (SSSR count). The molecule has 24 heavy (non-hydrogen) atoms. The van der Waals surface area contributed by atoms with Crippen molar-refractivity contribution in [1.82, 2.24) is 15.2 Å². The summed E-state index contributed by atoms with van der Waals surface area (Å²) in [4.78, 5) is 6.37. The Labute approximate surface area is 139 Å². The Morgan fingerprint density at radius 1 is 0.917 bits per heavy atom. The molecule has 0 saturated carbocycles.